The Hall–Kier alpha value is -3.34. The fraction of sp³-hybridized carbons (Fsp3) is 0.182. The number of carbonyl (C=O) groups excluding carboxylic acids is 1. The minimum absolute atomic E-state index is 0.101. The van der Waals surface area contributed by atoms with Gasteiger partial charge in [0.2, 0.25) is 0 Å². The zero-order valence-electron chi connectivity index (χ0n) is 15.6. The molecule has 136 valence electrons. The number of ether oxygens (including phenoxy) is 1. The van der Waals surface area contributed by atoms with Gasteiger partial charge in [-0.1, -0.05) is 18.2 Å². The molecule has 5 nitrogen and oxygen atoms in total. The molecule has 0 bridgehead atoms. The third-order valence-corrected chi connectivity index (χ3v) is 5.01. The van der Waals surface area contributed by atoms with E-state index in [1.54, 1.807) is 13.3 Å². The van der Waals surface area contributed by atoms with Crippen molar-refractivity contribution < 1.29 is 9.53 Å². The normalized spacial score (nSPS) is 12.3. The number of aryl methyl sites for hydroxylation is 1. The monoisotopic (exact) mass is 359 g/mol. The number of fused-ring (bicyclic) bond motifs is 3. The fourth-order valence-corrected chi connectivity index (χ4v) is 3.46. The van der Waals surface area contributed by atoms with E-state index in [-0.39, 0.29) is 11.9 Å². The summed E-state index contributed by atoms with van der Waals surface area (Å²) in [5.74, 6) is 0.676. The lowest BCUT2D eigenvalue weighted by molar-refractivity contribution is 0.0940. The third kappa shape index (κ3) is 3.01. The Kier molecular flexibility index (Phi) is 4.28. The van der Waals surface area contributed by atoms with Crippen LogP contribution < -0.4 is 10.1 Å². The van der Waals surface area contributed by atoms with Crippen LogP contribution in [0.5, 0.6) is 5.75 Å². The van der Waals surface area contributed by atoms with E-state index in [2.05, 4.69) is 14.9 Å². The van der Waals surface area contributed by atoms with Gasteiger partial charge in [-0.15, -0.1) is 0 Å². The molecule has 2 aromatic heterocycles. The van der Waals surface area contributed by atoms with E-state index < -0.39 is 0 Å². The molecule has 1 N–H and O–H groups in total. The highest BCUT2D eigenvalue weighted by Gasteiger charge is 2.15. The van der Waals surface area contributed by atoms with Crippen LogP contribution in [-0.2, 0) is 7.05 Å². The minimum Gasteiger partial charge on any atom is -0.497 e. The van der Waals surface area contributed by atoms with Crippen molar-refractivity contribution in [2.45, 2.75) is 13.0 Å². The molecule has 0 radical (unpaired) electrons. The summed E-state index contributed by atoms with van der Waals surface area (Å²) in [4.78, 5) is 17.0. The van der Waals surface area contributed by atoms with Crippen molar-refractivity contribution in [2.24, 2.45) is 7.05 Å². The number of aromatic nitrogens is 2. The predicted octanol–water partition coefficient (Wildman–Crippen LogP) is 4.23. The molecule has 27 heavy (non-hydrogen) atoms. The lowest BCUT2D eigenvalue weighted by Gasteiger charge is -2.15. The van der Waals surface area contributed by atoms with Crippen LogP contribution >= 0.6 is 0 Å². The van der Waals surface area contributed by atoms with E-state index in [4.69, 9.17) is 4.74 Å². The molecule has 0 aliphatic carbocycles. The highest BCUT2D eigenvalue weighted by Crippen LogP contribution is 2.28. The number of nitrogens with one attached hydrogen (secondary N) is 1. The molecule has 4 aromatic rings. The van der Waals surface area contributed by atoms with Crippen LogP contribution in [0.2, 0.25) is 0 Å². The van der Waals surface area contributed by atoms with E-state index in [1.165, 1.54) is 0 Å². The Morgan fingerprint density at radius 1 is 1.11 bits per heavy atom. The molecule has 0 aliphatic rings. The van der Waals surface area contributed by atoms with Gasteiger partial charge in [-0.3, -0.25) is 9.78 Å². The van der Waals surface area contributed by atoms with Crippen LogP contribution in [-0.4, -0.2) is 22.6 Å². The molecule has 0 aliphatic heterocycles. The first-order valence-corrected chi connectivity index (χ1v) is 8.85. The van der Waals surface area contributed by atoms with Crippen LogP contribution in [0.3, 0.4) is 0 Å². The van der Waals surface area contributed by atoms with Gasteiger partial charge in [-0.2, -0.15) is 0 Å². The summed E-state index contributed by atoms with van der Waals surface area (Å²) in [6.07, 6.45) is 3.64. The molecule has 0 saturated heterocycles. The van der Waals surface area contributed by atoms with Gasteiger partial charge in [-0.05, 0) is 42.8 Å². The molecule has 0 spiro atoms. The van der Waals surface area contributed by atoms with Crippen molar-refractivity contribution in [3.8, 4) is 5.75 Å². The third-order valence-electron chi connectivity index (χ3n) is 5.01. The smallest absolute Gasteiger partial charge is 0.251 e. The number of benzene rings is 2. The maximum absolute atomic E-state index is 12.8. The second-order valence-corrected chi connectivity index (χ2v) is 6.66. The van der Waals surface area contributed by atoms with Gasteiger partial charge in [0.15, 0.2) is 0 Å². The number of hydrogen-bond donors (Lipinski definition) is 1. The standard InChI is InChI=1S/C22H21N3O2/c1-14(15-5-4-6-17(11-15)27-3)24-22(26)16-7-8-18-19-9-10-23-13-21(19)25(2)20(18)12-16/h4-14H,1-3H3,(H,24,26). The van der Waals surface area contributed by atoms with Crippen LogP contribution in [0.4, 0.5) is 0 Å². The van der Waals surface area contributed by atoms with E-state index in [9.17, 15) is 4.79 Å². The summed E-state index contributed by atoms with van der Waals surface area (Å²) >= 11 is 0. The second kappa shape index (κ2) is 6.76. The predicted molar refractivity (Wildman–Crippen MR) is 107 cm³/mol. The van der Waals surface area contributed by atoms with Gasteiger partial charge in [0.1, 0.15) is 5.75 Å². The van der Waals surface area contributed by atoms with E-state index in [0.717, 1.165) is 33.1 Å². The molecule has 4 rings (SSSR count). The molecule has 5 heteroatoms. The molecule has 1 unspecified atom stereocenters. The Morgan fingerprint density at radius 3 is 2.74 bits per heavy atom. The van der Waals surface area contributed by atoms with E-state index >= 15 is 0 Å². The SMILES string of the molecule is COc1cccc(C(C)NC(=O)c2ccc3c4ccncc4n(C)c3c2)c1. The summed E-state index contributed by atoms with van der Waals surface area (Å²) in [5.41, 5.74) is 3.70. The molecule has 1 amide bonds. The highest BCUT2D eigenvalue weighted by molar-refractivity contribution is 6.09. The summed E-state index contributed by atoms with van der Waals surface area (Å²) in [5, 5.41) is 5.32. The van der Waals surface area contributed by atoms with Gasteiger partial charge < -0.3 is 14.6 Å². The molecular weight excluding hydrogens is 338 g/mol. The van der Waals surface area contributed by atoms with Crippen LogP contribution in [0, 0.1) is 0 Å². The molecule has 0 saturated carbocycles. The summed E-state index contributed by atoms with van der Waals surface area (Å²) in [6.45, 7) is 1.97. The average molecular weight is 359 g/mol. The quantitative estimate of drug-likeness (QED) is 0.593. The molecular formula is C22H21N3O2. The Balaban J connectivity index is 1.64. The topological polar surface area (TPSA) is 56.1 Å². The zero-order valence-corrected chi connectivity index (χ0v) is 15.6. The van der Waals surface area contributed by atoms with Crippen LogP contribution in [0.15, 0.2) is 60.9 Å². The molecule has 2 heterocycles. The van der Waals surface area contributed by atoms with E-state index in [1.807, 2.05) is 68.7 Å². The maximum atomic E-state index is 12.8. The van der Waals surface area contributed by atoms with Gasteiger partial charge in [0, 0.05) is 35.1 Å². The van der Waals surface area contributed by atoms with Crippen LogP contribution in [0.25, 0.3) is 21.8 Å². The lowest BCUT2D eigenvalue weighted by atomic mass is 10.1. The van der Waals surface area contributed by atoms with Crippen molar-refractivity contribution in [1.82, 2.24) is 14.9 Å². The number of nitrogens with zero attached hydrogens (tertiary/aromatic N) is 2. The molecule has 0 fully saturated rings. The van der Waals surface area contributed by atoms with Crippen molar-refractivity contribution in [3.05, 3.63) is 72.1 Å². The van der Waals surface area contributed by atoms with E-state index in [0.29, 0.717) is 5.56 Å². The highest BCUT2D eigenvalue weighted by atomic mass is 16.5. The first kappa shape index (κ1) is 17.1. The average Bonchev–Trinajstić information content (AvgIpc) is 3.00. The number of amides is 1. The summed E-state index contributed by atoms with van der Waals surface area (Å²) < 4.78 is 7.33. The first-order chi connectivity index (χ1) is 13.1. The first-order valence-electron chi connectivity index (χ1n) is 8.85. The van der Waals surface area contributed by atoms with Crippen molar-refractivity contribution in [1.29, 1.82) is 0 Å². The zero-order chi connectivity index (χ0) is 19.0. The molecule has 2 aromatic carbocycles. The molecule has 1 atom stereocenters. The Labute approximate surface area is 157 Å². The Bertz CT molecular complexity index is 1150. The van der Waals surface area contributed by atoms with Crippen LogP contribution in [0.1, 0.15) is 28.9 Å². The minimum atomic E-state index is -0.125. The fourth-order valence-electron chi connectivity index (χ4n) is 3.46. The van der Waals surface area contributed by atoms with Gasteiger partial charge in [0.25, 0.3) is 5.91 Å². The van der Waals surface area contributed by atoms with Gasteiger partial charge in [-0.25, -0.2) is 0 Å². The lowest BCUT2D eigenvalue weighted by Crippen LogP contribution is -2.26. The van der Waals surface area contributed by atoms with Gasteiger partial charge >= 0.3 is 0 Å². The number of hydrogen-bond acceptors (Lipinski definition) is 3. The second-order valence-electron chi connectivity index (χ2n) is 6.66. The maximum Gasteiger partial charge on any atom is 0.251 e. The number of carbonyl (C=O) groups is 1. The summed E-state index contributed by atoms with van der Waals surface area (Å²) in [7, 11) is 3.63. The van der Waals surface area contributed by atoms with Crippen molar-refractivity contribution >= 4 is 27.7 Å². The number of pyridine rings is 1. The Morgan fingerprint density at radius 2 is 1.93 bits per heavy atom. The number of rotatable bonds is 4. The largest absolute Gasteiger partial charge is 0.497 e. The van der Waals surface area contributed by atoms with Gasteiger partial charge in [0.05, 0.1) is 24.9 Å². The van der Waals surface area contributed by atoms with Crippen molar-refractivity contribution in [2.75, 3.05) is 7.11 Å². The van der Waals surface area contributed by atoms with Crippen molar-refractivity contribution in [3.63, 3.8) is 0 Å². The summed E-state index contributed by atoms with van der Waals surface area (Å²) in [6, 6.07) is 15.4. The number of methoxy groups -OCH3 is 1.